The average molecular weight is 262 g/mol. The van der Waals surface area contributed by atoms with Crippen molar-refractivity contribution in [1.82, 2.24) is 5.32 Å². The van der Waals surface area contributed by atoms with Gasteiger partial charge in [0.15, 0.2) is 6.61 Å². The van der Waals surface area contributed by atoms with Crippen LogP contribution in [0.15, 0.2) is 18.2 Å². The number of rotatable bonds is 4. The molecular weight excluding hydrogens is 240 g/mol. The summed E-state index contributed by atoms with van der Waals surface area (Å²) >= 11 is 0. The van der Waals surface area contributed by atoms with Crippen molar-refractivity contribution in [3.8, 4) is 5.75 Å². The predicted molar refractivity (Wildman–Crippen MR) is 76.1 cm³/mol. The minimum atomic E-state index is -0.0631. The standard InChI is InChI=1S/C15H22N2O2/c1-11-7-8-14(13(16)9-11)19-10-15(18)17-12-5-3-2-4-6-12/h7-9,12H,2-6,10,16H2,1H3,(H,17,18). The van der Waals surface area contributed by atoms with Crippen LogP contribution >= 0.6 is 0 Å². The van der Waals surface area contributed by atoms with Gasteiger partial charge in [-0.2, -0.15) is 0 Å². The number of nitrogen functional groups attached to an aromatic ring is 1. The number of carbonyl (C=O) groups is 1. The fraction of sp³-hybridized carbons (Fsp3) is 0.533. The van der Waals surface area contributed by atoms with Crippen molar-refractivity contribution in [2.75, 3.05) is 12.3 Å². The normalized spacial score (nSPS) is 16.1. The molecular formula is C15H22N2O2. The third kappa shape index (κ3) is 4.16. The Bertz CT molecular complexity index is 440. The van der Waals surface area contributed by atoms with E-state index < -0.39 is 0 Å². The Morgan fingerprint density at radius 1 is 1.37 bits per heavy atom. The lowest BCUT2D eigenvalue weighted by molar-refractivity contribution is -0.124. The molecule has 0 unspecified atom stereocenters. The number of anilines is 1. The van der Waals surface area contributed by atoms with Crippen molar-refractivity contribution in [2.45, 2.75) is 45.1 Å². The number of hydrogen-bond acceptors (Lipinski definition) is 3. The molecule has 1 aromatic carbocycles. The molecule has 1 fully saturated rings. The highest BCUT2D eigenvalue weighted by atomic mass is 16.5. The van der Waals surface area contributed by atoms with Gasteiger partial charge in [-0.25, -0.2) is 0 Å². The molecule has 0 aromatic heterocycles. The maximum Gasteiger partial charge on any atom is 0.258 e. The van der Waals surface area contributed by atoms with Gasteiger partial charge in [0.05, 0.1) is 5.69 Å². The highest BCUT2D eigenvalue weighted by Crippen LogP contribution is 2.22. The molecule has 0 heterocycles. The van der Waals surface area contributed by atoms with Gasteiger partial charge in [-0.05, 0) is 37.5 Å². The van der Waals surface area contributed by atoms with Crippen molar-refractivity contribution >= 4 is 11.6 Å². The fourth-order valence-corrected chi connectivity index (χ4v) is 2.46. The molecule has 0 atom stereocenters. The summed E-state index contributed by atoms with van der Waals surface area (Å²) in [6, 6.07) is 5.89. The van der Waals surface area contributed by atoms with E-state index in [9.17, 15) is 4.79 Å². The molecule has 4 nitrogen and oxygen atoms in total. The second-order valence-corrected chi connectivity index (χ2v) is 5.23. The summed E-state index contributed by atoms with van der Waals surface area (Å²) in [6.45, 7) is 2.00. The van der Waals surface area contributed by atoms with Gasteiger partial charge < -0.3 is 15.8 Å². The van der Waals surface area contributed by atoms with E-state index in [4.69, 9.17) is 10.5 Å². The first-order chi connectivity index (χ1) is 9.15. The Balaban J connectivity index is 1.79. The van der Waals surface area contributed by atoms with E-state index in [-0.39, 0.29) is 12.5 Å². The summed E-state index contributed by atoms with van der Waals surface area (Å²) in [6.07, 6.45) is 5.85. The molecule has 1 aliphatic carbocycles. The molecule has 0 radical (unpaired) electrons. The second-order valence-electron chi connectivity index (χ2n) is 5.23. The lowest BCUT2D eigenvalue weighted by Crippen LogP contribution is -2.39. The highest BCUT2D eigenvalue weighted by Gasteiger charge is 2.15. The first kappa shape index (κ1) is 13.7. The number of benzene rings is 1. The number of hydrogen-bond donors (Lipinski definition) is 2. The molecule has 3 N–H and O–H groups in total. The largest absolute Gasteiger partial charge is 0.482 e. The number of nitrogens with two attached hydrogens (primary N) is 1. The molecule has 0 saturated heterocycles. The van der Waals surface area contributed by atoms with Crippen LogP contribution in [0, 0.1) is 6.92 Å². The summed E-state index contributed by atoms with van der Waals surface area (Å²) in [7, 11) is 0. The SMILES string of the molecule is Cc1ccc(OCC(=O)NC2CCCCC2)c(N)c1. The molecule has 1 amide bonds. The Morgan fingerprint density at radius 3 is 2.79 bits per heavy atom. The van der Waals surface area contributed by atoms with E-state index in [1.54, 1.807) is 6.07 Å². The van der Waals surface area contributed by atoms with Crippen molar-refractivity contribution < 1.29 is 9.53 Å². The van der Waals surface area contributed by atoms with E-state index in [1.807, 2.05) is 19.1 Å². The minimum absolute atomic E-state index is 0.0315. The van der Waals surface area contributed by atoms with E-state index >= 15 is 0 Å². The van der Waals surface area contributed by atoms with Crippen molar-refractivity contribution in [3.05, 3.63) is 23.8 Å². The molecule has 104 valence electrons. The van der Waals surface area contributed by atoms with Gasteiger partial charge in [0.2, 0.25) is 0 Å². The van der Waals surface area contributed by atoms with Crippen LogP contribution in [-0.2, 0) is 4.79 Å². The lowest BCUT2D eigenvalue weighted by Gasteiger charge is -2.22. The van der Waals surface area contributed by atoms with Crippen molar-refractivity contribution in [1.29, 1.82) is 0 Å². The third-order valence-electron chi connectivity index (χ3n) is 3.49. The topological polar surface area (TPSA) is 64.3 Å². The van der Waals surface area contributed by atoms with Gasteiger partial charge >= 0.3 is 0 Å². The van der Waals surface area contributed by atoms with Gasteiger partial charge in [-0.15, -0.1) is 0 Å². The number of carbonyl (C=O) groups excluding carboxylic acids is 1. The molecule has 19 heavy (non-hydrogen) atoms. The van der Waals surface area contributed by atoms with Crippen LogP contribution in [0.4, 0.5) is 5.69 Å². The lowest BCUT2D eigenvalue weighted by atomic mass is 9.95. The molecule has 1 aliphatic rings. The third-order valence-corrected chi connectivity index (χ3v) is 3.49. The van der Waals surface area contributed by atoms with Gasteiger partial charge in [0.1, 0.15) is 5.75 Å². The van der Waals surface area contributed by atoms with Crippen LogP contribution in [0.25, 0.3) is 0 Å². The molecule has 0 bridgehead atoms. The van der Waals surface area contributed by atoms with E-state index in [1.165, 1.54) is 19.3 Å². The Hall–Kier alpha value is -1.71. The Kier molecular flexibility index (Phi) is 4.66. The van der Waals surface area contributed by atoms with E-state index in [2.05, 4.69) is 5.32 Å². The maximum absolute atomic E-state index is 11.8. The van der Waals surface area contributed by atoms with Crippen LogP contribution < -0.4 is 15.8 Å². The second kappa shape index (κ2) is 6.45. The molecule has 0 aliphatic heterocycles. The molecule has 1 saturated carbocycles. The zero-order valence-corrected chi connectivity index (χ0v) is 11.4. The highest BCUT2D eigenvalue weighted by molar-refractivity contribution is 5.78. The average Bonchev–Trinajstić information content (AvgIpc) is 2.39. The molecule has 1 aromatic rings. The molecule has 2 rings (SSSR count). The summed E-state index contributed by atoms with van der Waals surface area (Å²) in [5.74, 6) is 0.510. The van der Waals surface area contributed by atoms with Gasteiger partial charge in [-0.3, -0.25) is 4.79 Å². The summed E-state index contributed by atoms with van der Waals surface area (Å²) in [5.41, 5.74) is 7.49. The number of amides is 1. The van der Waals surface area contributed by atoms with Gasteiger partial charge in [0, 0.05) is 6.04 Å². The van der Waals surface area contributed by atoms with Crippen LogP contribution in [-0.4, -0.2) is 18.6 Å². The minimum Gasteiger partial charge on any atom is -0.482 e. The van der Waals surface area contributed by atoms with Crippen LogP contribution in [0.1, 0.15) is 37.7 Å². The first-order valence-corrected chi connectivity index (χ1v) is 6.93. The summed E-state index contributed by atoms with van der Waals surface area (Å²) in [4.78, 5) is 11.8. The van der Waals surface area contributed by atoms with Crippen LogP contribution in [0.2, 0.25) is 0 Å². The number of ether oxygens (including phenoxy) is 1. The zero-order valence-electron chi connectivity index (χ0n) is 11.4. The maximum atomic E-state index is 11.8. The Labute approximate surface area is 114 Å². The number of aryl methyl sites for hydroxylation is 1. The van der Waals surface area contributed by atoms with Crippen LogP contribution in [0.5, 0.6) is 5.75 Å². The van der Waals surface area contributed by atoms with Crippen molar-refractivity contribution in [2.24, 2.45) is 0 Å². The molecule has 0 spiro atoms. The van der Waals surface area contributed by atoms with Crippen molar-refractivity contribution in [3.63, 3.8) is 0 Å². The quantitative estimate of drug-likeness (QED) is 0.819. The van der Waals surface area contributed by atoms with Crippen LogP contribution in [0.3, 0.4) is 0 Å². The zero-order chi connectivity index (χ0) is 13.7. The number of nitrogens with one attached hydrogen (secondary N) is 1. The van der Waals surface area contributed by atoms with Gasteiger partial charge in [0.25, 0.3) is 5.91 Å². The summed E-state index contributed by atoms with van der Waals surface area (Å²) < 4.78 is 5.46. The smallest absolute Gasteiger partial charge is 0.258 e. The van der Waals surface area contributed by atoms with Gasteiger partial charge in [-0.1, -0.05) is 25.3 Å². The van der Waals surface area contributed by atoms with E-state index in [0.29, 0.717) is 17.5 Å². The predicted octanol–water partition coefficient (Wildman–Crippen LogP) is 2.40. The fourth-order valence-electron chi connectivity index (χ4n) is 2.46. The van der Waals surface area contributed by atoms with E-state index in [0.717, 1.165) is 18.4 Å². The first-order valence-electron chi connectivity index (χ1n) is 6.93. The monoisotopic (exact) mass is 262 g/mol. The molecule has 4 heteroatoms. The Morgan fingerprint density at radius 2 is 2.11 bits per heavy atom. The summed E-state index contributed by atoms with van der Waals surface area (Å²) in [5, 5.41) is 3.02.